The maximum Gasteiger partial charge on any atom is 0.407 e. The van der Waals surface area contributed by atoms with Crippen LogP contribution in [-0.4, -0.2) is 30.9 Å². The number of ether oxygens (including phenoxy) is 3. The summed E-state index contributed by atoms with van der Waals surface area (Å²) in [5, 5.41) is 4.26. The zero-order valence-corrected chi connectivity index (χ0v) is 14.6. The SMILES string of the molecule is COc1cc2c(N)cnc(CNC(=O)OC(C)(C)C)c2cc1OC. The van der Waals surface area contributed by atoms with Crippen LogP contribution in [-0.2, 0) is 11.3 Å². The van der Waals surface area contributed by atoms with Gasteiger partial charge in [0.1, 0.15) is 5.60 Å². The van der Waals surface area contributed by atoms with E-state index in [-0.39, 0.29) is 6.54 Å². The van der Waals surface area contributed by atoms with Crippen molar-refractivity contribution < 1.29 is 19.0 Å². The second-order valence-corrected chi connectivity index (χ2v) is 6.27. The molecule has 130 valence electrons. The molecular weight excluding hydrogens is 310 g/mol. The van der Waals surface area contributed by atoms with Gasteiger partial charge in [0.2, 0.25) is 0 Å². The Hall–Kier alpha value is -2.70. The molecule has 7 nitrogen and oxygen atoms in total. The molecule has 2 aromatic rings. The van der Waals surface area contributed by atoms with Crippen LogP contribution in [0.15, 0.2) is 18.3 Å². The van der Waals surface area contributed by atoms with Crippen molar-refractivity contribution in [3.05, 3.63) is 24.0 Å². The third-order valence-corrected chi connectivity index (χ3v) is 3.30. The zero-order valence-electron chi connectivity index (χ0n) is 14.6. The number of nitrogens with zero attached hydrogens (tertiary/aromatic N) is 1. The summed E-state index contributed by atoms with van der Waals surface area (Å²) in [6.45, 7) is 5.63. The predicted molar refractivity (Wildman–Crippen MR) is 92.3 cm³/mol. The summed E-state index contributed by atoms with van der Waals surface area (Å²) in [5.74, 6) is 1.14. The van der Waals surface area contributed by atoms with Gasteiger partial charge in [-0.25, -0.2) is 4.79 Å². The zero-order chi connectivity index (χ0) is 17.9. The second kappa shape index (κ2) is 6.82. The van der Waals surface area contributed by atoms with Crippen LogP contribution in [0.2, 0.25) is 0 Å². The summed E-state index contributed by atoms with van der Waals surface area (Å²) in [7, 11) is 3.12. The average molecular weight is 333 g/mol. The van der Waals surface area contributed by atoms with Crippen molar-refractivity contribution in [1.82, 2.24) is 10.3 Å². The molecule has 0 saturated heterocycles. The lowest BCUT2D eigenvalue weighted by molar-refractivity contribution is 0.0523. The lowest BCUT2D eigenvalue weighted by atomic mass is 10.1. The molecule has 2 rings (SSSR count). The number of nitrogens with two attached hydrogens (primary N) is 1. The molecule has 1 aromatic carbocycles. The summed E-state index contributed by atoms with van der Waals surface area (Å²) >= 11 is 0. The standard InChI is InChI=1S/C17H23N3O4/c1-17(2,3)24-16(21)20-9-13-11-7-15(23-5)14(22-4)6-10(11)12(18)8-19-13/h6-8H,9,18H2,1-5H3,(H,20,21). The minimum Gasteiger partial charge on any atom is -0.493 e. The van der Waals surface area contributed by atoms with E-state index in [1.54, 1.807) is 53.3 Å². The van der Waals surface area contributed by atoms with Gasteiger partial charge in [0.15, 0.2) is 11.5 Å². The molecule has 3 N–H and O–H groups in total. The maximum atomic E-state index is 11.8. The Labute approximate surface area is 141 Å². The molecule has 0 aliphatic carbocycles. The van der Waals surface area contributed by atoms with Crippen molar-refractivity contribution >= 4 is 22.6 Å². The average Bonchev–Trinajstić information content (AvgIpc) is 2.51. The van der Waals surface area contributed by atoms with Crippen LogP contribution in [0, 0.1) is 0 Å². The molecule has 24 heavy (non-hydrogen) atoms. The number of rotatable bonds is 4. The van der Waals surface area contributed by atoms with Gasteiger partial charge in [-0.2, -0.15) is 0 Å². The highest BCUT2D eigenvalue weighted by Gasteiger charge is 2.17. The van der Waals surface area contributed by atoms with E-state index in [1.807, 2.05) is 0 Å². The first-order valence-corrected chi connectivity index (χ1v) is 7.51. The van der Waals surface area contributed by atoms with Crippen LogP contribution in [0.4, 0.5) is 10.5 Å². The normalized spacial score (nSPS) is 11.2. The molecule has 0 unspecified atom stereocenters. The number of methoxy groups -OCH3 is 2. The van der Waals surface area contributed by atoms with E-state index in [2.05, 4.69) is 10.3 Å². The monoisotopic (exact) mass is 333 g/mol. The number of pyridine rings is 1. The number of amides is 1. The third-order valence-electron chi connectivity index (χ3n) is 3.30. The topological polar surface area (TPSA) is 95.7 Å². The van der Waals surface area contributed by atoms with Crippen molar-refractivity contribution in [1.29, 1.82) is 0 Å². The van der Waals surface area contributed by atoms with Gasteiger partial charge in [0, 0.05) is 10.8 Å². The van der Waals surface area contributed by atoms with Crippen molar-refractivity contribution in [2.24, 2.45) is 0 Å². The van der Waals surface area contributed by atoms with E-state index < -0.39 is 11.7 Å². The van der Waals surface area contributed by atoms with Crippen LogP contribution < -0.4 is 20.5 Å². The van der Waals surface area contributed by atoms with E-state index >= 15 is 0 Å². The predicted octanol–water partition coefficient (Wildman–Crippen LogP) is 2.86. The number of aromatic nitrogens is 1. The summed E-state index contributed by atoms with van der Waals surface area (Å²) in [6, 6.07) is 3.59. The van der Waals surface area contributed by atoms with E-state index in [0.29, 0.717) is 22.9 Å². The fourth-order valence-electron chi connectivity index (χ4n) is 2.25. The molecule has 0 fully saturated rings. The Morgan fingerprint density at radius 3 is 2.29 bits per heavy atom. The highest BCUT2D eigenvalue weighted by Crippen LogP contribution is 2.35. The van der Waals surface area contributed by atoms with E-state index in [0.717, 1.165) is 10.8 Å². The Kier molecular flexibility index (Phi) is 5.02. The lowest BCUT2D eigenvalue weighted by Crippen LogP contribution is -2.32. The first-order valence-electron chi connectivity index (χ1n) is 7.51. The molecule has 7 heteroatoms. The van der Waals surface area contributed by atoms with Gasteiger partial charge >= 0.3 is 6.09 Å². The summed E-state index contributed by atoms with van der Waals surface area (Å²) < 4.78 is 15.9. The van der Waals surface area contributed by atoms with Crippen LogP contribution in [0.25, 0.3) is 10.8 Å². The Bertz CT molecular complexity index is 754. The number of hydrogen-bond acceptors (Lipinski definition) is 6. The molecule has 1 aromatic heterocycles. The molecule has 0 atom stereocenters. The van der Waals surface area contributed by atoms with E-state index in [1.165, 1.54) is 0 Å². The number of fused-ring (bicyclic) bond motifs is 1. The van der Waals surface area contributed by atoms with Gasteiger partial charge < -0.3 is 25.3 Å². The number of nitrogens with one attached hydrogen (secondary N) is 1. The number of hydrogen-bond donors (Lipinski definition) is 2. The Morgan fingerprint density at radius 1 is 1.17 bits per heavy atom. The number of nitrogen functional groups attached to an aromatic ring is 1. The molecule has 1 amide bonds. The smallest absolute Gasteiger partial charge is 0.407 e. The number of carbonyl (C=O) groups excluding carboxylic acids is 1. The largest absolute Gasteiger partial charge is 0.493 e. The fraction of sp³-hybridized carbons (Fsp3) is 0.412. The van der Waals surface area contributed by atoms with Crippen molar-refractivity contribution in [2.75, 3.05) is 20.0 Å². The minimum absolute atomic E-state index is 0.210. The van der Waals surface area contributed by atoms with Crippen molar-refractivity contribution in [3.63, 3.8) is 0 Å². The Balaban J connectivity index is 2.34. The molecule has 0 radical (unpaired) electrons. The highest BCUT2D eigenvalue weighted by molar-refractivity contribution is 5.96. The van der Waals surface area contributed by atoms with Gasteiger partial charge in [0.25, 0.3) is 0 Å². The first kappa shape index (κ1) is 17.7. The number of anilines is 1. The quantitative estimate of drug-likeness (QED) is 0.893. The van der Waals surface area contributed by atoms with E-state index in [9.17, 15) is 4.79 Å². The van der Waals surface area contributed by atoms with Crippen LogP contribution in [0.3, 0.4) is 0 Å². The lowest BCUT2D eigenvalue weighted by Gasteiger charge is -2.20. The van der Waals surface area contributed by atoms with Crippen LogP contribution in [0.1, 0.15) is 26.5 Å². The van der Waals surface area contributed by atoms with E-state index in [4.69, 9.17) is 19.9 Å². The molecule has 0 spiro atoms. The second-order valence-electron chi connectivity index (χ2n) is 6.27. The van der Waals surface area contributed by atoms with Crippen LogP contribution >= 0.6 is 0 Å². The number of benzene rings is 1. The number of alkyl carbamates (subject to hydrolysis) is 1. The molecule has 0 aliphatic heterocycles. The first-order chi connectivity index (χ1) is 11.2. The minimum atomic E-state index is -0.558. The van der Waals surface area contributed by atoms with Crippen molar-refractivity contribution in [3.8, 4) is 11.5 Å². The van der Waals surface area contributed by atoms with Gasteiger partial charge in [-0.1, -0.05) is 0 Å². The van der Waals surface area contributed by atoms with Gasteiger partial charge in [0.05, 0.1) is 38.3 Å². The molecular formula is C17H23N3O4. The summed E-state index contributed by atoms with van der Waals surface area (Å²) in [5.41, 5.74) is 6.63. The van der Waals surface area contributed by atoms with Gasteiger partial charge in [-0.3, -0.25) is 4.98 Å². The Morgan fingerprint density at radius 2 is 1.75 bits per heavy atom. The highest BCUT2D eigenvalue weighted by atomic mass is 16.6. The third kappa shape index (κ3) is 3.98. The maximum absolute atomic E-state index is 11.8. The summed E-state index contributed by atoms with van der Waals surface area (Å²) in [6.07, 6.45) is 1.05. The summed E-state index contributed by atoms with van der Waals surface area (Å²) in [4.78, 5) is 16.1. The molecule has 0 bridgehead atoms. The molecule has 0 saturated carbocycles. The van der Waals surface area contributed by atoms with Gasteiger partial charge in [-0.15, -0.1) is 0 Å². The van der Waals surface area contributed by atoms with Crippen molar-refractivity contribution in [2.45, 2.75) is 32.9 Å². The molecule has 0 aliphatic rings. The van der Waals surface area contributed by atoms with Crippen LogP contribution in [0.5, 0.6) is 11.5 Å². The van der Waals surface area contributed by atoms with Gasteiger partial charge in [-0.05, 0) is 32.9 Å². The molecule has 1 heterocycles. The number of carbonyl (C=O) groups is 1. The fourth-order valence-corrected chi connectivity index (χ4v) is 2.25.